The van der Waals surface area contributed by atoms with Crippen LogP contribution in [0.15, 0.2) is 47.5 Å². The van der Waals surface area contributed by atoms with E-state index in [0.29, 0.717) is 0 Å². The van der Waals surface area contributed by atoms with Gasteiger partial charge in [-0.05, 0) is 30.4 Å². The number of nitrogens with zero attached hydrogens (tertiary/aromatic N) is 2. The minimum absolute atomic E-state index is 0.179. The largest absolute Gasteiger partial charge is 0.396 e. The molecule has 0 saturated heterocycles. The van der Waals surface area contributed by atoms with Crippen molar-refractivity contribution in [2.45, 2.75) is 17.4 Å². The van der Waals surface area contributed by atoms with Gasteiger partial charge in [0.25, 0.3) is 0 Å². The molecule has 2 aromatic rings. The van der Waals surface area contributed by atoms with E-state index in [9.17, 15) is 5.11 Å². The van der Waals surface area contributed by atoms with Crippen molar-refractivity contribution < 1.29 is 5.11 Å². The third-order valence-corrected chi connectivity index (χ3v) is 3.76. The standard InChI is InChI=1S/C15H19N3OS/c1-20-15-8-7-14(17-18-15)16-11-13(9-10-19)12-5-3-2-4-6-12/h2-8,13,19H,9-11H2,1H3,(H,16,17). The van der Waals surface area contributed by atoms with Crippen molar-refractivity contribution in [1.29, 1.82) is 0 Å². The molecule has 0 saturated carbocycles. The van der Waals surface area contributed by atoms with Gasteiger partial charge in [0.1, 0.15) is 10.8 Å². The van der Waals surface area contributed by atoms with E-state index in [1.165, 1.54) is 5.56 Å². The lowest BCUT2D eigenvalue weighted by Crippen LogP contribution is -2.15. The van der Waals surface area contributed by atoms with E-state index < -0.39 is 0 Å². The molecule has 1 aromatic carbocycles. The highest BCUT2D eigenvalue weighted by Gasteiger charge is 2.10. The number of anilines is 1. The van der Waals surface area contributed by atoms with Crippen LogP contribution in [0.25, 0.3) is 0 Å². The zero-order chi connectivity index (χ0) is 14.2. The number of aromatic nitrogens is 2. The van der Waals surface area contributed by atoms with E-state index in [1.807, 2.05) is 36.6 Å². The van der Waals surface area contributed by atoms with Gasteiger partial charge in [0.05, 0.1) is 0 Å². The molecule has 0 fully saturated rings. The van der Waals surface area contributed by atoms with Crippen LogP contribution in [0, 0.1) is 0 Å². The molecule has 0 radical (unpaired) electrons. The van der Waals surface area contributed by atoms with Gasteiger partial charge in [-0.1, -0.05) is 30.3 Å². The summed E-state index contributed by atoms with van der Waals surface area (Å²) >= 11 is 1.57. The fourth-order valence-electron chi connectivity index (χ4n) is 2.02. The van der Waals surface area contributed by atoms with Gasteiger partial charge in [0.15, 0.2) is 0 Å². The molecular formula is C15H19N3OS. The molecule has 1 heterocycles. The van der Waals surface area contributed by atoms with Gasteiger partial charge >= 0.3 is 0 Å². The van der Waals surface area contributed by atoms with Crippen LogP contribution < -0.4 is 5.32 Å². The topological polar surface area (TPSA) is 58.0 Å². The molecule has 5 heteroatoms. The Hall–Kier alpha value is -1.59. The smallest absolute Gasteiger partial charge is 0.148 e. The molecule has 20 heavy (non-hydrogen) atoms. The van der Waals surface area contributed by atoms with Gasteiger partial charge in [-0.15, -0.1) is 22.0 Å². The van der Waals surface area contributed by atoms with Crippen LogP contribution >= 0.6 is 11.8 Å². The Morgan fingerprint density at radius 2 is 1.95 bits per heavy atom. The second-order valence-electron chi connectivity index (χ2n) is 4.46. The Labute approximate surface area is 123 Å². The van der Waals surface area contributed by atoms with E-state index in [4.69, 9.17) is 0 Å². The number of aliphatic hydroxyl groups excluding tert-OH is 1. The number of hydrogen-bond donors (Lipinski definition) is 2. The van der Waals surface area contributed by atoms with Crippen LogP contribution in [-0.4, -0.2) is 34.7 Å². The molecule has 1 atom stereocenters. The molecule has 0 aliphatic carbocycles. The SMILES string of the molecule is CSc1ccc(NCC(CCO)c2ccccc2)nn1. The van der Waals surface area contributed by atoms with Gasteiger partial charge < -0.3 is 10.4 Å². The van der Waals surface area contributed by atoms with Crippen LogP contribution in [0.2, 0.25) is 0 Å². The predicted octanol–water partition coefficient (Wildman–Crippen LogP) is 2.78. The summed E-state index contributed by atoms with van der Waals surface area (Å²) < 4.78 is 0. The number of benzene rings is 1. The Bertz CT molecular complexity index is 504. The summed E-state index contributed by atoms with van der Waals surface area (Å²) in [6, 6.07) is 14.1. The highest BCUT2D eigenvalue weighted by molar-refractivity contribution is 7.98. The normalized spacial score (nSPS) is 12.1. The van der Waals surface area contributed by atoms with Crippen molar-refractivity contribution in [3.8, 4) is 0 Å². The van der Waals surface area contributed by atoms with Crippen molar-refractivity contribution in [3.05, 3.63) is 48.0 Å². The lowest BCUT2D eigenvalue weighted by atomic mass is 9.96. The first kappa shape index (κ1) is 14.8. The summed E-state index contributed by atoms with van der Waals surface area (Å²) in [7, 11) is 0. The first-order valence-electron chi connectivity index (χ1n) is 6.61. The number of rotatable bonds is 7. The Morgan fingerprint density at radius 3 is 2.55 bits per heavy atom. The first-order chi connectivity index (χ1) is 9.83. The molecule has 0 aliphatic heterocycles. The van der Waals surface area contributed by atoms with Gasteiger partial charge in [-0.2, -0.15) is 0 Å². The summed E-state index contributed by atoms with van der Waals surface area (Å²) in [4.78, 5) is 0. The van der Waals surface area contributed by atoms with E-state index in [1.54, 1.807) is 11.8 Å². The molecule has 0 amide bonds. The molecule has 0 bridgehead atoms. The molecule has 0 spiro atoms. The summed E-state index contributed by atoms with van der Waals surface area (Å²) in [5, 5.41) is 21.6. The van der Waals surface area contributed by atoms with Crippen LogP contribution in [-0.2, 0) is 0 Å². The van der Waals surface area contributed by atoms with Gasteiger partial charge in [0.2, 0.25) is 0 Å². The number of thioether (sulfide) groups is 1. The van der Waals surface area contributed by atoms with E-state index in [0.717, 1.165) is 23.8 Å². The average molecular weight is 289 g/mol. The highest BCUT2D eigenvalue weighted by atomic mass is 32.2. The summed E-state index contributed by atoms with van der Waals surface area (Å²) in [6.07, 6.45) is 2.71. The molecule has 4 nitrogen and oxygen atoms in total. The van der Waals surface area contributed by atoms with Gasteiger partial charge in [-0.25, -0.2) is 0 Å². The summed E-state index contributed by atoms with van der Waals surface area (Å²) in [5.41, 5.74) is 1.22. The van der Waals surface area contributed by atoms with E-state index >= 15 is 0 Å². The van der Waals surface area contributed by atoms with Crippen LogP contribution in [0.5, 0.6) is 0 Å². The second-order valence-corrected chi connectivity index (χ2v) is 5.29. The van der Waals surface area contributed by atoms with E-state index in [2.05, 4.69) is 27.6 Å². The third kappa shape index (κ3) is 4.21. The zero-order valence-electron chi connectivity index (χ0n) is 11.5. The number of hydrogen-bond acceptors (Lipinski definition) is 5. The average Bonchev–Trinajstić information content (AvgIpc) is 2.53. The predicted molar refractivity (Wildman–Crippen MR) is 83.2 cm³/mol. The van der Waals surface area contributed by atoms with E-state index in [-0.39, 0.29) is 12.5 Å². The molecule has 1 unspecified atom stereocenters. The lowest BCUT2D eigenvalue weighted by Gasteiger charge is -2.17. The van der Waals surface area contributed by atoms with Gasteiger partial charge in [0, 0.05) is 19.1 Å². The maximum atomic E-state index is 9.20. The second kappa shape index (κ2) is 7.87. The van der Waals surface area contributed by atoms with Crippen LogP contribution in [0.3, 0.4) is 0 Å². The van der Waals surface area contributed by atoms with Gasteiger partial charge in [-0.3, -0.25) is 0 Å². The van der Waals surface area contributed by atoms with Crippen molar-refractivity contribution in [1.82, 2.24) is 10.2 Å². The van der Waals surface area contributed by atoms with Crippen LogP contribution in [0.4, 0.5) is 5.82 Å². The fraction of sp³-hybridized carbons (Fsp3) is 0.333. The minimum Gasteiger partial charge on any atom is -0.396 e. The Kier molecular flexibility index (Phi) is 5.83. The molecule has 1 aromatic heterocycles. The van der Waals surface area contributed by atoms with Crippen molar-refractivity contribution in [2.75, 3.05) is 24.7 Å². The summed E-state index contributed by atoms with van der Waals surface area (Å²) in [5.74, 6) is 1.03. The number of nitrogens with one attached hydrogen (secondary N) is 1. The first-order valence-corrected chi connectivity index (χ1v) is 7.83. The fourth-order valence-corrected chi connectivity index (χ4v) is 2.35. The molecule has 2 N–H and O–H groups in total. The zero-order valence-corrected chi connectivity index (χ0v) is 12.3. The monoisotopic (exact) mass is 289 g/mol. The number of aliphatic hydroxyl groups is 1. The molecule has 0 aliphatic rings. The molecular weight excluding hydrogens is 270 g/mol. The molecule has 2 rings (SSSR count). The van der Waals surface area contributed by atoms with Crippen molar-refractivity contribution >= 4 is 17.6 Å². The quantitative estimate of drug-likeness (QED) is 0.768. The Morgan fingerprint density at radius 1 is 1.15 bits per heavy atom. The third-order valence-electron chi connectivity index (χ3n) is 3.13. The summed E-state index contributed by atoms with van der Waals surface area (Å²) in [6.45, 7) is 0.913. The minimum atomic E-state index is 0.179. The van der Waals surface area contributed by atoms with Crippen molar-refractivity contribution in [3.63, 3.8) is 0 Å². The Balaban J connectivity index is 1.98. The van der Waals surface area contributed by atoms with Crippen LogP contribution in [0.1, 0.15) is 17.9 Å². The maximum Gasteiger partial charge on any atom is 0.148 e. The highest BCUT2D eigenvalue weighted by Crippen LogP contribution is 2.20. The molecule has 106 valence electrons. The lowest BCUT2D eigenvalue weighted by molar-refractivity contribution is 0.277. The maximum absolute atomic E-state index is 9.20. The van der Waals surface area contributed by atoms with Crippen molar-refractivity contribution in [2.24, 2.45) is 0 Å².